The lowest BCUT2D eigenvalue weighted by Crippen LogP contribution is -2.42. The van der Waals surface area contributed by atoms with Crippen LogP contribution in [0, 0.1) is 5.82 Å². The van der Waals surface area contributed by atoms with Crippen molar-refractivity contribution in [2.45, 2.75) is 32.4 Å². The number of hydrogen-bond acceptors (Lipinski definition) is 3. The minimum Gasteiger partial charge on any atom is -0.358 e. The number of hydrogen-bond donors (Lipinski definition) is 2. The lowest BCUT2D eigenvalue weighted by atomic mass is 10.1. The largest absolute Gasteiger partial charge is 0.358 e. The quantitative estimate of drug-likeness (QED) is 0.816. The Morgan fingerprint density at radius 2 is 2.24 bits per heavy atom. The predicted molar refractivity (Wildman–Crippen MR) is 63.9 cm³/mol. The molecule has 1 heterocycles. The van der Waals surface area contributed by atoms with E-state index in [2.05, 4.69) is 15.6 Å². The van der Waals surface area contributed by atoms with Gasteiger partial charge >= 0.3 is 0 Å². The van der Waals surface area contributed by atoms with E-state index in [4.69, 9.17) is 0 Å². The summed E-state index contributed by atoms with van der Waals surface area (Å²) in [4.78, 5) is 15.4. The molecule has 17 heavy (non-hydrogen) atoms. The molecule has 1 rings (SSSR count). The fourth-order valence-corrected chi connectivity index (χ4v) is 1.60. The van der Waals surface area contributed by atoms with Crippen molar-refractivity contribution >= 4 is 5.91 Å². The summed E-state index contributed by atoms with van der Waals surface area (Å²) in [5, 5.41) is 5.73. The van der Waals surface area contributed by atoms with Gasteiger partial charge in [0.15, 0.2) is 0 Å². The highest BCUT2D eigenvalue weighted by atomic mass is 19.1. The monoisotopic (exact) mass is 239 g/mol. The average Bonchev–Trinajstić information content (AvgIpc) is 2.35. The third kappa shape index (κ3) is 3.78. The molecule has 1 amide bonds. The summed E-state index contributed by atoms with van der Waals surface area (Å²) in [6.45, 7) is 3.77. The number of rotatable bonds is 5. The number of aromatic nitrogens is 1. The van der Waals surface area contributed by atoms with Crippen molar-refractivity contribution in [3.05, 3.63) is 29.8 Å². The Morgan fingerprint density at radius 3 is 2.71 bits per heavy atom. The maximum absolute atomic E-state index is 12.8. The third-order valence-electron chi connectivity index (χ3n) is 2.61. The maximum Gasteiger partial charge on any atom is 0.236 e. The number of pyridine rings is 1. The van der Waals surface area contributed by atoms with Crippen molar-refractivity contribution in [3.8, 4) is 0 Å². The van der Waals surface area contributed by atoms with E-state index in [1.807, 2.05) is 6.92 Å². The van der Waals surface area contributed by atoms with Gasteiger partial charge in [-0.1, -0.05) is 6.92 Å². The molecule has 0 radical (unpaired) electrons. The molecule has 2 N–H and O–H groups in total. The number of halogens is 1. The lowest BCUT2D eigenvalue weighted by Gasteiger charge is -2.20. The summed E-state index contributed by atoms with van der Waals surface area (Å²) in [5.41, 5.74) is 0.740. The number of carbonyl (C=O) groups excluding carboxylic acids is 1. The zero-order valence-corrected chi connectivity index (χ0v) is 10.3. The Morgan fingerprint density at radius 1 is 1.53 bits per heavy atom. The van der Waals surface area contributed by atoms with Crippen molar-refractivity contribution in [2.24, 2.45) is 0 Å². The lowest BCUT2D eigenvalue weighted by molar-refractivity contribution is -0.122. The van der Waals surface area contributed by atoms with E-state index in [0.717, 1.165) is 12.1 Å². The number of likely N-dealkylation sites (N-methyl/N-ethyl adjacent to an activating group) is 1. The van der Waals surface area contributed by atoms with Crippen LogP contribution in [0.3, 0.4) is 0 Å². The van der Waals surface area contributed by atoms with Crippen molar-refractivity contribution in [1.82, 2.24) is 15.6 Å². The molecule has 0 saturated heterocycles. The van der Waals surface area contributed by atoms with Gasteiger partial charge in [0, 0.05) is 13.1 Å². The van der Waals surface area contributed by atoms with E-state index in [0.29, 0.717) is 0 Å². The highest BCUT2D eigenvalue weighted by Crippen LogP contribution is 2.14. The Labute approximate surface area is 101 Å². The highest BCUT2D eigenvalue weighted by molar-refractivity contribution is 5.80. The van der Waals surface area contributed by atoms with Gasteiger partial charge in [-0.15, -0.1) is 0 Å². The Hall–Kier alpha value is -1.49. The number of nitrogens with one attached hydrogen (secondary N) is 2. The topological polar surface area (TPSA) is 54.0 Å². The number of amides is 1. The van der Waals surface area contributed by atoms with Crippen molar-refractivity contribution in [3.63, 3.8) is 0 Å². The molecule has 0 aromatic carbocycles. The van der Waals surface area contributed by atoms with Crippen LogP contribution < -0.4 is 10.6 Å². The minimum absolute atomic E-state index is 0.0529. The number of carbonyl (C=O) groups is 1. The zero-order valence-electron chi connectivity index (χ0n) is 10.3. The molecule has 4 nitrogen and oxygen atoms in total. The van der Waals surface area contributed by atoms with Gasteiger partial charge in [-0.25, -0.2) is 4.39 Å². The SMILES string of the molecule is CCC(NC(C)C(=O)NC)c1ccc(F)cn1. The van der Waals surface area contributed by atoms with E-state index in [-0.39, 0.29) is 23.8 Å². The maximum atomic E-state index is 12.8. The van der Waals surface area contributed by atoms with Crippen molar-refractivity contribution in [2.75, 3.05) is 7.05 Å². The molecule has 2 atom stereocenters. The fraction of sp³-hybridized carbons (Fsp3) is 0.500. The van der Waals surface area contributed by atoms with E-state index < -0.39 is 0 Å². The van der Waals surface area contributed by atoms with Crippen LogP contribution in [0.15, 0.2) is 18.3 Å². The molecule has 94 valence electrons. The van der Waals surface area contributed by atoms with Gasteiger partial charge in [-0.05, 0) is 25.5 Å². The fourth-order valence-electron chi connectivity index (χ4n) is 1.60. The van der Waals surface area contributed by atoms with Crippen LogP contribution in [0.5, 0.6) is 0 Å². The summed E-state index contributed by atoms with van der Waals surface area (Å²) in [6.07, 6.45) is 1.96. The zero-order chi connectivity index (χ0) is 12.8. The van der Waals surface area contributed by atoms with Gasteiger partial charge in [0.1, 0.15) is 5.82 Å². The molecule has 0 aliphatic rings. The van der Waals surface area contributed by atoms with E-state index in [1.165, 1.54) is 12.3 Å². The second-order valence-corrected chi connectivity index (χ2v) is 3.86. The molecule has 5 heteroatoms. The molecule has 0 aliphatic carbocycles. The highest BCUT2D eigenvalue weighted by Gasteiger charge is 2.17. The van der Waals surface area contributed by atoms with Crippen molar-refractivity contribution in [1.29, 1.82) is 0 Å². The normalized spacial score (nSPS) is 14.1. The summed E-state index contributed by atoms with van der Waals surface area (Å²) in [6, 6.07) is 2.64. The first-order valence-electron chi connectivity index (χ1n) is 5.67. The van der Waals surface area contributed by atoms with Gasteiger partial charge in [-0.2, -0.15) is 0 Å². The first-order chi connectivity index (χ1) is 8.08. The summed E-state index contributed by atoms with van der Waals surface area (Å²) in [5.74, 6) is -0.437. The molecular formula is C12H18FN3O. The van der Waals surface area contributed by atoms with Gasteiger partial charge in [0.05, 0.1) is 17.9 Å². The molecular weight excluding hydrogens is 221 g/mol. The summed E-state index contributed by atoms with van der Waals surface area (Å²) >= 11 is 0. The average molecular weight is 239 g/mol. The molecule has 0 fully saturated rings. The molecule has 2 unspecified atom stereocenters. The summed E-state index contributed by atoms with van der Waals surface area (Å²) in [7, 11) is 1.59. The van der Waals surface area contributed by atoms with Gasteiger partial charge < -0.3 is 5.32 Å². The van der Waals surface area contributed by atoms with E-state index in [9.17, 15) is 9.18 Å². The van der Waals surface area contributed by atoms with Crippen LogP contribution in [-0.4, -0.2) is 24.0 Å². The van der Waals surface area contributed by atoms with Crippen LogP contribution in [-0.2, 0) is 4.79 Å². The van der Waals surface area contributed by atoms with E-state index >= 15 is 0 Å². The second kappa shape index (κ2) is 6.30. The molecule has 1 aromatic heterocycles. The molecule has 0 saturated carbocycles. The van der Waals surface area contributed by atoms with Gasteiger partial charge in [-0.3, -0.25) is 15.1 Å². The molecule has 0 aliphatic heterocycles. The van der Waals surface area contributed by atoms with Crippen molar-refractivity contribution < 1.29 is 9.18 Å². The molecule has 0 spiro atoms. The van der Waals surface area contributed by atoms with Crippen LogP contribution in [0.2, 0.25) is 0 Å². The molecule has 1 aromatic rings. The third-order valence-corrected chi connectivity index (χ3v) is 2.61. The minimum atomic E-state index is -0.358. The Balaban J connectivity index is 2.71. The second-order valence-electron chi connectivity index (χ2n) is 3.86. The van der Waals surface area contributed by atoms with Crippen LogP contribution in [0.4, 0.5) is 4.39 Å². The van der Waals surface area contributed by atoms with Gasteiger partial charge in [0.2, 0.25) is 5.91 Å². The first-order valence-corrected chi connectivity index (χ1v) is 5.67. The Bertz CT molecular complexity index is 367. The predicted octanol–water partition coefficient (Wildman–Crippen LogP) is 1.40. The summed E-state index contributed by atoms with van der Waals surface area (Å²) < 4.78 is 12.8. The standard InChI is InChI=1S/C12H18FN3O/c1-4-10(16-8(2)12(17)14-3)11-6-5-9(13)7-15-11/h5-8,10,16H,4H2,1-3H3,(H,14,17). The molecule has 0 bridgehead atoms. The van der Waals surface area contributed by atoms with Gasteiger partial charge in [0.25, 0.3) is 0 Å². The number of nitrogens with zero attached hydrogens (tertiary/aromatic N) is 1. The first kappa shape index (κ1) is 13.6. The van der Waals surface area contributed by atoms with Crippen LogP contribution in [0.1, 0.15) is 32.0 Å². The van der Waals surface area contributed by atoms with E-state index in [1.54, 1.807) is 20.0 Å². The smallest absolute Gasteiger partial charge is 0.236 e. The van der Waals surface area contributed by atoms with Crippen LogP contribution >= 0.6 is 0 Å². The van der Waals surface area contributed by atoms with Crippen LogP contribution in [0.25, 0.3) is 0 Å². The Kier molecular flexibility index (Phi) is 5.03.